The maximum absolute atomic E-state index is 11.2. The predicted octanol–water partition coefficient (Wildman–Crippen LogP) is 0.336. The zero-order valence-electron chi connectivity index (χ0n) is 9.99. The van der Waals surface area contributed by atoms with Gasteiger partial charge in [0.1, 0.15) is 0 Å². The molecule has 1 aromatic rings. The van der Waals surface area contributed by atoms with Crippen LogP contribution < -0.4 is 5.32 Å². The Morgan fingerprint density at radius 3 is 2.81 bits per heavy atom. The lowest BCUT2D eigenvalue weighted by molar-refractivity contribution is -0.128. The molecule has 1 heterocycles. The van der Waals surface area contributed by atoms with E-state index < -0.39 is 0 Å². The number of nitrogens with one attached hydrogen (secondary N) is 1. The molecule has 0 saturated carbocycles. The van der Waals surface area contributed by atoms with Crippen molar-refractivity contribution in [3.05, 3.63) is 11.7 Å². The van der Waals surface area contributed by atoms with Crippen LogP contribution in [0, 0.1) is 6.92 Å². The number of rotatable bonds is 6. The van der Waals surface area contributed by atoms with Crippen molar-refractivity contribution in [1.29, 1.82) is 0 Å². The van der Waals surface area contributed by atoms with Crippen LogP contribution in [0.15, 0.2) is 4.52 Å². The molecular formula is C10H18N4O2. The topological polar surface area (TPSA) is 71.3 Å². The van der Waals surface area contributed by atoms with Crippen LogP contribution in [0.2, 0.25) is 0 Å². The van der Waals surface area contributed by atoms with E-state index in [1.165, 1.54) is 0 Å². The Morgan fingerprint density at radius 1 is 1.50 bits per heavy atom. The second-order valence-corrected chi connectivity index (χ2v) is 3.80. The zero-order valence-corrected chi connectivity index (χ0v) is 9.99. The van der Waals surface area contributed by atoms with Gasteiger partial charge in [-0.15, -0.1) is 0 Å². The molecule has 0 spiro atoms. The third-order valence-corrected chi connectivity index (χ3v) is 2.09. The number of carbonyl (C=O) groups excluding carboxylic acids is 1. The first kappa shape index (κ1) is 12.6. The smallest absolute Gasteiger partial charge is 0.240 e. The molecule has 6 nitrogen and oxygen atoms in total. The molecule has 16 heavy (non-hydrogen) atoms. The fraction of sp³-hybridized carbons (Fsp3) is 0.700. The highest BCUT2D eigenvalue weighted by molar-refractivity contribution is 5.75. The van der Waals surface area contributed by atoms with Crippen molar-refractivity contribution in [2.45, 2.75) is 26.3 Å². The summed E-state index contributed by atoms with van der Waals surface area (Å²) in [6.45, 7) is 3.10. The molecule has 90 valence electrons. The summed E-state index contributed by atoms with van der Waals surface area (Å²) in [5.74, 6) is 1.37. The zero-order chi connectivity index (χ0) is 12.0. The van der Waals surface area contributed by atoms with Crippen molar-refractivity contribution in [1.82, 2.24) is 20.4 Å². The molecule has 0 fully saturated rings. The van der Waals surface area contributed by atoms with Crippen LogP contribution >= 0.6 is 0 Å². The first-order chi connectivity index (χ1) is 7.59. The van der Waals surface area contributed by atoms with E-state index in [0.29, 0.717) is 24.7 Å². The average molecular weight is 226 g/mol. The minimum atomic E-state index is 0.149. The third-order valence-electron chi connectivity index (χ3n) is 2.09. The fourth-order valence-electron chi connectivity index (χ4n) is 1.20. The SMILES string of the molecule is Cc1noc(CNCCCC(=O)N(C)C)n1. The summed E-state index contributed by atoms with van der Waals surface area (Å²) in [5, 5.41) is 6.82. The first-order valence-corrected chi connectivity index (χ1v) is 5.29. The van der Waals surface area contributed by atoms with Crippen molar-refractivity contribution in [2.75, 3.05) is 20.6 Å². The summed E-state index contributed by atoms with van der Waals surface area (Å²) < 4.78 is 4.93. The van der Waals surface area contributed by atoms with Crippen LogP contribution in [0.25, 0.3) is 0 Å². The quantitative estimate of drug-likeness (QED) is 0.708. The monoisotopic (exact) mass is 226 g/mol. The summed E-state index contributed by atoms with van der Waals surface area (Å²) >= 11 is 0. The molecule has 0 radical (unpaired) electrons. The summed E-state index contributed by atoms with van der Waals surface area (Å²) in [7, 11) is 3.52. The van der Waals surface area contributed by atoms with Crippen molar-refractivity contribution >= 4 is 5.91 Å². The van der Waals surface area contributed by atoms with E-state index in [0.717, 1.165) is 13.0 Å². The van der Waals surface area contributed by atoms with Crippen LogP contribution in [0.3, 0.4) is 0 Å². The van der Waals surface area contributed by atoms with Gasteiger partial charge in [0.2, 0.25) is 11.8 Å². The highest BCUT2D eigenvalue weighted by Gasteiger charge is 2.04. The molecule has 6 heteroatoms. The van der Waals surface area contributed by atoms with Crippen LogP contribution in [-0.4, -0.2) is 41.6 Å². The standard InChI is InChI=1S/C10H18N4O2/c1-8-12-9(16-13-8)7-11-6-4-5-10(15)14(2)3/h11H,4-7H2,1-3H3. The predicted molar refractivity (Wildman–Crippen MR) is 58.7 cm³/mol. The lowest BCUT2D eigenvalue weighted by Gasteiger charge is -2.09. The Balaban J connectivity index is 2.06. The van der Waals surface area contributed by atoms with E-state index in [1.807, 2.05) is 0 Å². The Bertz CT molecular complexity index is 335. The van der Waals surface area contributed by atoms with E-state index in [9.17, 15) is 4.79 Å². The molecule has 0 aromatic carbocycles. The average Bonchev–Trinajstić information content (AvgIpc) is 2.63. The maximum atomic E-state index is 11.2. The van der Waals surface area contributed by atoms with Crippen LogP contribution in [0.4, 0.5) is 0 Å². The molecule has 1 N–H and O–H groups in total. The number of aromatic nitrogens is 2. The second kappa shape index (κ2) is 6.22. The Labute approximate surface area is 95.0 Å². The van der Waals surface area contributed by atoms with Gasteiger partial charge in [-0.3, -0.25) is 4.79 Å². The van der Waals surface area contributed by atoms with E-state index >= 15 is 0 Å². The summed E-state index contributed by atoms with van der Waals surface area (Å²) in [6.07, 6.45) is 1.37. The van der Waals surface area contributed by atoms with Gasteiger partial charge < -0.3 is 14.7 Å². The van der Waals surface area contributed by atoms with Crippen LogP contribution in [0.5, 0.6) is 0 Å². The minimum Gasteiger partial charge on any atom is -0.349 e. The van der Waals surface area contributed by atoms with Gasteiger partial charge in [-0.05, 0) is 19.9 Å². The third kappa shape index (κ3) is 4.39. The van der Waals surface area contributed by atoms with Gasteiger partial charge in [-0.25, -0.2) is 0 Å². The van der Waals surface area contributed by atoms with E-state index in [2.05, 4.69) is 15.5 Å². The molecule has 0 aliphatic carbocycles. The summed E-state index contributed by atoms with van der Waals surface area (Å²) in [6, 6.07) is 0. The second-order valence-electron chi connectivity index (χ2n) is 3.80. The first-order valence-electron chi connectivity index (χ1n) is 5.29. The van der Waals surface area contributed by atoms with Crippen molar-refractivity contribution in [3.63, 3.8) is 0 Å². The highest BCUT2D eigenvalue weighted by atomic mass is 16.5. The number of hydrogen-bond acceptors (Lipinski definition) is 5. The van der Waals surface area contributed by atoms with Gasteiger partial charge in [-0.2, -0.15) is 4.98 Å². The highest BCUT2D eigenvalue weighted by Crippen LogP contribution is 1.96. The number of nitrogens with zero attached hydrogens (tertiary/aromatic N) is 3. The van der Waals surface area contributed by atoms with Gasteiger partial charge in [0.15, 0.2) is 5.82 Å². The number of amides is 1. The number of carbonyl (C=O) groups is 1. The molecule has 0 unspecified atom stereocenters. The van der Waals surface area contributed by atoms with Gasteiger partial charge in [0.25, 0.3) is 0 Å². The molecule has 1 rings (SSSR count). The molecule has 0 bridgehead atoms. The van der Waals surface area contributed by atoms with Crippen molar-refractivity contribution in [2.24, 2.45) is 0 Å². The Kier molecular flexibility index (Phi) is 4.91. The molecule has 0 aliphatic heterocycles. The van der Waals surface area contributed by atoms with E-state index in [-0.39, 0.29) is 5.91 Å². The Hall–Kier alpha value is -1.43. The minimum absolute atomic E-state index is 0.149. The van der Waals surface area contributed by atoms with Crippen molar-refractivity contribution in [3.8, 4) is 0 Å². The van der Waals surface area contributed by atoms with Crippen LogP contribution in [0.1, 0.15) is 24.6 Å². The Morgan fingerprint density at radius 2 is 2.25 bits per heavy atom. The van der Waals surface area contributed by atoms with Crippen LogP contribution in [-0.2, 0) is 11.3 Å². The molecule has 0 atom stereocenters. The van der Waals surface area contributed by atoms with Gasteiger partial charge >= 0.3 is 0 Å². The summed E-state index contributed by atoms with van der Waals surface area (Å²) in [4.78, 5) is 16.9. The molecule has 0 aliphatic rings. The fourth-order valence-corrected chi connectivity index (χ4v) is 1.20. The number of aryl methyl sites for hydroxylation is 1. The lowest BCUT2D eigenvalue weighted by atomic mass is 10.3. The van der Waals surface area contributed by atoms with Crippen molar-refractivity contribution < 1.29 is 9.32 Å². The summed E-state index contributed by atoms with van der Waals surface area (Å²) in [5.41, 5.74) is 0. The molecule has 1 aromatic heterocycles. The lowest BCUT2D eigenvalue weighted by Crippen LogP contribution is -2.23. The van der Waals surface area contributed by atoms with Gasteiger partial charge in [0.05, 0.1) is 6.54 Å². The normalized spacial score (nSPS) is 10.4. The van der Waals surface area contributed by atoms with E-state index in [4.69, 9.17) is 4.52 Å². The largest absolute Gasteiger partial charge is 0.349 e. The van der Waals surface area contributed by atoms with Gasteiger partial charge in [0, 0.05) is 20.5 Å². The number of hydrogen-bond donors (Lipinski definition) is 1. The molecular weight excluding hydrogens is 208 g/mol. The molecule has 0 saturated heterocycles. The maximum Gasteiger partial charge on any atom is 0.240 e. The molecule has 1 amide bonds. The van der Waals surface area contributed by atoms with E-state index in [1.54, 1.807) is 25.9 Å². The van der Waals surface area contributed by atoms with Gasteiger partial charge in [-0.1, -0.05) is 5.16 Å².